The van der Waals surface area contributed by atoms with Crippen molar-refractivity contribution in [1.29, 1.82) is 0 Å². The van der Waals surface area contributed by atoms with Gasteiger partial charge >= 0.3 is 6.09 Å². The third kappa shape index (κ3) is 5.45. The molecule has 0 radical (unpaired) electrons. The summed E-state index contributed by atoms with van der Waals surface area (Å²) < 4.78 is 40.1. The highest BCUT2D eigenvalue weighted by Crippen LogP contribution is 2.54. The topological polar surface area (TPSA) is 79.3 Å². The van der Waals surface area contributed by atoms with E-state index in [4.69, 9.17) is 9.47 Å². The number of carbonyl (C=O) groups excluding carboxylic acids is 2. The van der Waals surface area contributed by atoms with Gasteiger partial charge < -0.3 is 24.4 Å². The van der Waals surface area contributed by atoms with Crippen LogP contribution in [0.4, 0.5) is 13.6 Å². The van der Waals surface area contributed by atoms with Gasteiger partial charge in [-0.1, -0.05) is 0 Å². The van der Waals surface area contributed by atoms with E-state index in [-0.39, 0.29) is 36.2 Å². The van der Waals surface area contributed by atoms with Crippen LogP contribution in [-0.4, -0.2) is 71.4 Å². The molecule has 5 rings (SSSR count). The predicted octanol–water partition coefficient (Wildman–Crippen LogP) is 4.51. The quantitative estimate of drug-likeness (QED) is 0.551. The fourth-order valence-electron chi connectivity index (χ4n) is 5.95. The summed E-state index contributed by atoms with van der Waals surface area (Å²) in [4.78, 5) is 27.9. The molecule has 0 bridgehead atoms. The van der Waals surface area contributed by atoms with Crippen molar-refractivity contribution in [1.82, 2.24) is 9.80 Å². The van der Waals surface area contributed by atoms with Gasteiger partial charge in [0.1, 0.15) is 11.4 Å². The highest BCUT2D eigenvalue weighted by Gasteiger charge is 2.47. The van der Waals surface area contributed by atoms with E-state index in [0.717, 1.165) is 76.6 Å². The molecule has 0 unspecified atom stereocenters. The molecular weight excluding hydrogens is 470 g/mol. The Balaban J connectivity index is 1.01. The minimum atomic E-state index is -0.819. The maximum Gasteiger partial charge on any atom is 0.410 e. The van der Waals surface area contributed by atoms with Gasteiger partial charge in [0, 0.05) is 32.2 Å². The molecule has 2 saturated heterocycles. The molecule has 4 aliphatic rings. The van der Waals surface area contributed by atoms with E-state index in [0.29, 0.717) is 24.3 Å². The van der Waals surface area contributed by atoms with Crippen molar-refractivity contribution in [3.63, 3.8) is 0 Å². The Kier molecular flexibility index (Phi) is 6.87. The van der Waals surface area contributed by atoms with Crippen molar-refractivity contribution in [2.24, 2.45) is 11.3 Å². The first-order valence-electron chi connectivity index (χ1n) is 13.2. The third-order valence-electron chi connectivity index (χ3n) is 8.53. The molecular formula is C27H36F2N2O5. The standard InChI is InChI=1S/C27H36F2N2O5/c1-26(5-6-26)36-25(34)30-10-7-27(8-11-30)15-18(16-27)3-2-12-35-23-14-21(28)20(13-22(23)29)24(33)31-9-4-19(32)17-31/h13-14,18-19,32H,2-12,15-17H2,1H3/t19-/m1/s1. The van der Waals surface area contributed by atoms with Crippen LogP contribution in [0.5, 0.6) is 5.75 Å². The van der Waals surface area contributed by atoms with Crippen LogP contribution >= 0.6 is 0 Å². The molecule has 1 spiro atoms. The van der Waals surface area contributed by atoms with Crippen molar-refractivity contribution in [3.8, 4) is 5.75 Å². The van der Waals surface area contributed by atoms with E-state index in [1.54, 1.807) is 0 Å². The average Bonchev–Trinajstić information content (AvgIpc) is 3.38. The molecule has 36 heavy (non-hydrogen) atoms. The number of aliphatic hydroxyl groups is 1. The molecule has 2 saturated carbocycles. The zero-order valence-electron chi connectivity index (χ0n) is 20.9. The van der Waals surface area contributed by atoms with E-state index in [1.165, 1.54) is 4.90 Å². The molecule has 0 aromatic heterocycles. The number of benzene rings is 1. The summed E-state index contributed by atoms with van der Waals surface area (Å²) in [7, 11) is 0. The number of piperidine rings is 1. The Morgan fingerprint density at radius 2 is 1.78 bits per heavy atom. The lowest BCUT2D eigenvalue weighted by atomic mass is 9.56. The normalized spacial score (nSPS) is 24.5. The molecule has 2 aliphatic carbocycles. The van der Waals surface area contributed by atoms with Gasteiger partial charge in [0.15, 0.2) is 11.6 Å². The van der Waals surface area contributed by atoms with Crippen LogP contribution in [0.3, 0.4) is 0 Å². The Morgan fingerprint density at radius 1 is 1.06 bits per heavy atom. The van der Waals surface area contributed by atoms with Crippen molar-refractivity contribution in [2.45, 2.75) is 76.4 Å². The highest BCUT2D eigenvalue weighted by atomic mass is 19.1. The van der Waals surface area contributed by atoms with Crippen molar-refractivity contribution in [3.05, 3.63) is 29.3 Å². The van der Waals surface area contributed by atoms with E-state index in [2.05, 4.69) is 0 Å². The van der Waals surface area contributed by atoms with Crippen LogP contribution in [0.1, 0.15) is 75.1 Å². The average molecular weight is 507 g/mol. The van der Waals surface area contributed by atoms with E-state index >= 15 is 0 Å². The zero-order chi connectivity index (χ0) is 25.5. The fraction of sp³-hybridized carbons (Fsp3) is 0.704. The smallest absolute Gasteiger partial charge is 0.410 e. The summed E-state index contributed by atoms with van der Waals surface area (Å²) >= 11 is 0. The van der Waals surface area contributed by atoms with Gasteiger partial charge in [-0.2, -0.15) is 0 Å². The fourth-order valence-corrected chi connectivity index (χ4v) is 5.95. The molecule has 1 aromatic rings. The predicted molar refractivity (Wildman–Crippen MR) is 128 cm³/mol. The lowest BCUT2D eigenvalue weighted by Gasteiger charge is -2.52. The number of nitrogens with zero attached hydrogens (tertiary/aromatic N) is 2. The SMILES string of the molecule is CC1(OC(=O)N2CCC3(CC2)CC(CCCOc2cc(F)c(C(=O)N4CC[C@@H](O)C4)cc2F)C3)CC1. The minimum absolute atomic E-state index is 0.130. The summed E-state index contributed by atoms with van der Waals surface area (Å²) in [6, 6.07) is 1.83. The molecule has 9 heteroatoms. The van der Waals surface area contributed by atoms with E-state index in [1.807, 2.05) is 11.8 Å². The van der Waals surface area contributed by atoms with E-state index in [9.17, 15) is 23.5 Å². The van der Waals surface area contributed by atoms with Gasteiger partial charge in [0.05, 0.1) is 18.3 Å². The summed E-state index contributed by atoms with van der Waals surface area (Å²) in [5, 5.41) is 9.58. The number of ether oxygens (including phenoxy) is 2. The second-order valence-electron chi connectivity index (χ2n) is 11.5. The van der Waals surface area contributed by atoms with Crippen LogP contribution in [-0.2, 0) is 4.74 Å². The Bertz CT molecular complexity index is 998. The monoisotopic (exact) mass is 506 g/mol. The molecule has 2 amide bonds. The second-order valence-corrected chi connectivity index (χ2v) is 11.5. The number of amides is 2. The Hall–Kier alpha value is -2.42. The molecule has 1 atom stereocenters. The number of hydrogen-bond acceptors (Lipinski definition) is 5. The van der Waals surface area contributed by atoms with Gasteiger partial charge in [-0.25, -0.2) is 13.6 Å². The van der Waals surface area contributed by atoms with Crippen LogP contribution < -0.4 is 4.74 Å². The van der Waals surface area contributed by atoms with Crippen molar-refractivity contribution < 1.29 is 33.0 Å². The molecule has 2 heterocycles. The Morgan fingerprint density at radius 3 is 2.42 bits per heavy atom. The second kappa shape index (κ2) is 9.80. The number of β-amino-alcohol motifs (C(OH)–C–C–N with tert-alkyl or cyclic N) is 1. The molecule has 1 aromatic carbocycles. The number of rotatable bonds is 7. The number of halogens is 2. The number of aliphatic hydroxyl groups excluding tert-OH is 1. The molecule has 1 N–H and O–H groups in total. The van der Waals surface area contributed by atoms with Gasteiger partial charge in [-0.05, 0) is 82.1 Å². The van der Waals surface area contributed by atoms with Crippen molar-refractivity contribution >= 4 is 12.0 Å². The number of hydrogen-bond donors (Lipinski definition) is 1. The van der Waals surface area contributed by atoms with Crippen LogP contribution in [0, 0.1) is 23.0 Å². The summed E-state index contributed by atoms with van der Waals surface area (Å²) in [5.74, 6) is -1.79. The largest absolute Gasteiger partial charge is 0.490 e. The maximum atomic E-state index is 14.5. The van der Waals surface area contributed by atoms with Gasteiger partial charge in [0.2, 0.25) is 0 Å². The first kappa shape index (κ1) is 25.2. The van der Waals surface area contributed by atoms with E-state index < -0.39 is 23.6 Å². The molecule has 4 fully saturated rings. The number of likely N-dealkylation sites (tertiary alicyclic amines) is 2. The first-order valence-corrected chi connectivity index (χ1v) is 13.2. The summed E-state index contributed by atoms with van der Waals surface area (Å²) in [6.45, 7) is 4.24. The van der Waals surface area contributed by atoms with Crippen molar-refractivity contribution in [2.75, 3.05) is 32.8 Å². The molecule has 2 aliphatic heterocycles. The molecule has 7 nitrogen and oxygen atoms in total. The number of carbonyl (C=O) groups is 2. The lowest BCUT2D eigenvalue weighted by Crippen LogP contribution is -2.49. The van der Waals surface area contributed by atoms with Gasteiger partial charge in [0.25, 0.3) is 5.91 Å². The van der Waals surface area contributed by atoms with Crippen LogP contribution in [0.15, 0.2) is 12.1 Å². The molecule has 198 valence electrons. The zero-order valence-corrected chi connectivity index (χ0v) is 20.9. The maximum absolute atomic E-state index is 14.5. The van der Waals surface area contributed by atoms with Crippen LogP contribution in [0.25, 0.3) is 0 Å². The third-order valence-corrected chi connectivity index (χ3v) is 8.53. The first-order chi connectivity index (χ1) is 17.2. The Labute approximate surface area is 210 Å². The van der Waals surface area contributed by atoms with Gasteiger partial charge in [-0.3, -0.25) is 4.79 Å². The highest BCUT2D eigenvalue weighted by molar-refractivity contribution is 5.94. The summed E-state index contributed by atoms with van der Waals surface area (Å²) in [5.41, 5.74) is -0.244. The van der Waals surface area contributed by atoms with Crippen LogP contribution in [0.2, 0.25) is 0 Å². The van der Waals surface area contributed by atoms with Gasteiger partial charge in [-0.15, -0.1) is 0 Å². The lowest BCUT2D eigenvalue weighted by molar-refractivity contribution is -0.0231. The summed E-state index contributed by atoms with van der Waals surface area (Å²) in [6.07, 6.45) is 7.56. The minimum Gasteiger partial charge on any atom is -0.490 e.